The summed E-state index contributed by atoms with van der Waals surface area (Å²) >= 11 is 6.09. The Morgan fingerprint density at radius 2 is 2.13 bits per heavy atom. The standard InChI is InChI=1S/C16H14ClFN4O/c1-9-6-10(8-20-7-9)22-13(4-5-19)21-15-12(18)3-2-11(17)14(15)16(22)23/h2-3,6-8H,4-5,19H2,1H3. The number of halogens is 2. The number of aryl methyl sites for hydroxylation is 1. The van der Waals surface area contributed by atoms with Gasteiger partial charge in [0.25, 0.3) is 5.56 Å². The van der Waals surface area contributed by atoms with Crippen LogP contribution in [0.5, 0.6) is 0 Å². The summed E-state index contributed by atoms with van der Waals surface area (Å²) in [5.41, 5.74) is 6.57. The normalized spacial score (nSPS) is 11.1. The Balaban J connectivity index is 2.44. The number of hydrogen-bond donors (Lipinski definition) is 1. The van der Waals surface area contributed by atoms with Gasteiger partial charge in [0.15, 0.2) is 0 Å². The third-order valence-corrected chi connectivity index (χ3v) is 3.80. The van der Waals surface area contributed by atoms with Crippen LogP contribution in [-0.4, -0.2) is 21.1 Å². The molecule has 0 aliphatic carbocycles. The zero-order valence-electron chi connectivity index (χ0n) is 12.4. The molecule has 1 aromatic carbocycles. The van der Waals surface area contributed by atoms with E-state index < -0.39 is 11.4 Å². The van der Waals surface area contributed by atoms with Crippen molar-refractivity contribution in [2.45, 2.75) is 13.3 Å². The maximum Gasteiger partial charge on any atom is 0.267 e. The molecule has 0 fully saturated rings. The molecule has 2 N–H and O–H groups in total. The molecule has 3 rings (SSSR count). The van der Waals surface area contributed by atoms with Crippen molar-refractivity contribution in [1.82, 2.24) is 14.5 Å². The molecule has 7 heteroatoms. The van der Waals surface area contributed by atoms with Crippen molar-refractivity contribution in [3.8, 4) is 5.69 Å². The highest BCUT2D eigenvalue weighted by atomic mass is 35.5. The van der Waals surface area contributed by atoms with Crippen molar-refractivity contribution in [2.24, 2.45) is 5.73 Å². The average molecular weight is 333 g/mol. The molecule has 5 nitrogen and oxygen atoms in total. The number of nitrogens with zero attached hydrogens (tertiary/aromatic N) is 3. The predicted octanol–water partition coefficient (Wildman–Crippen LogP) is 2.38. The Bertz CT molecular complexity index is 955. The number of aromatic nitrogens is 3. The summed E-state index contributed by atoms with van der Waals surface area (Å²) < 4.78 is 15.4. The van der Waals surface area contributed by atoms with Crippen LogP contribution in [0.15, 0.2) is 35.4 Å². The molecule has 0 amide bonds. The Morgan fingerprint density at radius 1 is 1.35 bits per heavy atom. The van der Waals surface area contributed by atoms with E-state index in [4.69, 9.17) is 17.3 Å². The van der Waals surface area contributed by atoms with Crippen LogP contribution in [0, 0.1) is 12.7 Å². The van der Waals surface area contributed by atoms with Crippen LogP contribution in [0.25, 0.3) is 16.6 Å². The highest BCUT2D eigenvalue weighted by Gasteiger charge is 2.17. The van der Waals surface area contributed by atoms with E-state index in [0.29, 0.717) is 17.9 Å². The summed E-state index contributed by atoms with van der Waals surface area (Å²) in [6, 6.07) is 4.35. The van der Waals surface area contributed by atoms with Crippen LogP contribution in [0.3, 0.4) is 0 Å². The summed E-state index contributed by atoms with van der Waals surface area (Å²) in [4.78, 5) is 21.3. The van der Waals surface area contributed by atoms with E-state index >= 15 is 0 Å². The first-order chi connectivity index (χ1) is 11.0. The van der Waals surface area contributed by atoms with Gasteiger partial charge in [-0.3, -0.25) is 14.3 Å². The molecule has 0 radical (unpaired) electrons. The molecule has 23 heavy (non-hydrogen) atoms. The molecule has 2 heterocycles. The summed E-state index contributed by atoms with van der Waals surface area (Å²) in [5, 5.41) is 0.210. The topological polar surface area (TPSA) is 73.8 Å². The van der Waals surface area contributed by atoms with Gasteiger partial charge in [0, 0.05) is 12.6 Å². The molecule has 0 saturated carbocycles. The van der Waals surface area contributed by atoms with Gasteiger partial charge in [0.2, 0.25) is 0 Å². The Labute approximate surface area is 136 Å². The Hall–Kier alpha value is -2.31. The molecule has 0 saturated heterocycles. The summed E-state index contributed by atoms with van der Waals surface area (Å²) in [7, 11) is 0. The number of hydrogen-bond acceptors (Lipinski definition) is 4. The molecule has 118 valence electrons. The number of nitrogens with two attached hydrogens (primary N) is 1. The van der Waals surface area contributed by atoms with Crippen LogP contribution in [0.4, 0.5) is 4.39 Å². The van der Waals surface area contributed by atoms with E-state index in [1.165, 1.54) is 16.7 Å². The quantitative estimate of drug-likeness (QED) is 0.799. The fraction of sp³-hybridized carbons (Fsp3) is 0.188. The minimum atomic E-state index is -0.589. The fourth-order valence-corrected chi connectivity index (χ4v) is 2.72. The summed E-state index contributed by atoms with van der Waals surface area (Å²) in [5.74, 6) is -0.215. The molecule has 0 aliphatic heterocycles. The molecule has 0 spiro atoms. The minimum Gasteiger partial charge on any atom is -0.330 e. The van der Waals surface area contributed by atoms with Crippen molar-refractivity contribution in [3.63, 3.8) is 0 Å². The van der Waals surface area contributed by atoms with Crippen LogP contribution in [-0.2, 0) is 6.42 Å². The number of benzene rings is 1. The van der Waals surface area contributed by atoms with E-state index in [1.807, 2.05) is 6.92 Å². The smallest absolute Gasteiger partial charge is 0.267 e. The second-order valence-corrected chi connectivity index (χ2v) is 5.59. The van der Waals surface area contributed by atoms with Crippen molar-refractivity contribution < 1.29 is 4.39 Å². The number of rotatable bonds is 3. The second-order valence-electron chi connectivity index (χ2n) is 5.18. The highest BCUT2D eigenvalue weighted by Crippen LogP contribution is 2.23. The Kier molecular flexibility index (Phi) is 4.11. The largest absolute Gasteiger partial charge is 0.330 e. The molecular weight excluding hydrogens is 319 g/mol. The maximum absolute atomic E-state index is 14.1. The molecule has 0 aliphatic rings. The molecular formula is C16H14ClFN4O. The van der Waals surface area contributed by atoms with Crippen molar-refractivity contribution in [1.29, 1.82) is 0 Å². The zero-order chi connectivity index (χ0) is 16.6. The van der Waals surface area contributed by atoms with Crippen LogP contribution < -0.4 is 11.3 Å². The van der Waals surface area contributed by atoms with Gasteiger partial charge in [-0.25, -0.2) is 9.37 Å². The minimum absolute atomic E-state index is 0.0391. The van der Waals surface area contributed by atoms with Gasteiger partial charge in [0.1, 0.15) is 17.2 Å². The van der Waals surface area contributed by atoms with Crippen LogP contribution in [0.2, 0.25) is 5.02 Å². The van der Waals surface area contributed by atoms with Crippen LogP contribution >= 0.6 is 11.6 Å². The lowest BCUT2D eigenvalue weighted by Crippen LogP contribution is -2.26. The SMILES string of the molecule is Cc1cncc(-n2c(CCN)nc3c(F)ccc(Cl)c3c2=O)c1. The maximum atomic E-state index is 14.1. The van der Waals surface area contributed by atoms with E-state index in [9.17, 15) is 9.18 Å². The summed E-state index contributed by atoms with van der Waals surface area (Å²) in [6.45, 7) is 2.14. The number of pyridine rings is 1. The second kappa shape index (κ2) is 6.06. The number of fused-ring (bicyclic) bond motifs is 1. The van der Waals surface area contributed by atoms with Gasteiger partial charge in [-0.1, -0.05) is 11.6 Å². The fourth-order valence-electron chi connectivity index (χ4n) is 2.49. The van der Waals surface area contributed by atoms with Gasteiger partial charge in [-0.2, -0.15) is 0 Å². The lowest BCUT2D eigenvalue weighted by atomic mass is 10.2. The van der Waals surface area contributed by atoms with Gasteiger partial charge >= 0.3 is 0 Å². The predicted molar refractivity (Wildman–Crippen MR) is 87.6 cm³/mol. The van der Waals surface area contributed by atoms with Crippen molar-refractivity contribution in [2.75, 3.05) is 6.54 Å². The first-order valence-corrected chi connectivity index (χ1v) is 7.42. The molecule has 0 unspecified atom stereocenters. The van der Waals surface area contributed by atoms with E-state index in [2.05, 4.69) is 9.97 Å². The first-order valence-electron chi connectivity index (χ1n) is 7.04. The van der Waals surface area contributed by atoms with Crippen molar-refractivity contribution in [3.05, 3.63) is 63.2 Å². The van der Waals surface area contributed by atoms with Gasteiger partial charge < -0.3 is 5.73 Å². The third kappa shape index (κ3) is 2.71. The van der Waals surface area contributed by atoms with E-state index in [1.54, 1.807) is 18.5 Å². The molecule has 0 bridgehead atoms. The third-order valence-electron chi connectivity index (χ3n) is 3.48. The highest BCUT2D eigenvalue weighted by molar-refractivity contribution is 6.35. The van der Waals surface area contributed by atoms with E-state index in [-0.39, 0.29) is 22.5 Å². The summed E-state index contributed by atoms with van der Waals surface area (Å²) in [6.07, 6.45) is 3.55. The van der Waals surface area contributed by atoms with E-state index in [0.717, 1.165) is 5.56 Å². The molecule has 2 aromatic heterocycles. The Morgan fingerprint density at radius 3 is 2.83 bits per heavy atom. The lowest BCUT2D eigenvalue weighted by Gasteiger charge is -2.14. The van der Waals surface area contributed by atoms with Gasteiger partial charge in [-0.15, -0.1) is 0 Å². The zero-order valence-corrected chi connectivity index (χ0v) is 13.1. The van der Waals surface area contributed by atoms with Crippen LogP contribution in [0.1, 0.15) is 11.4 Å². The van der Waals surface area contributed by atoms with Gasteiger partial charge in [-0.05, 0) is 37.2 Å². The lowest BCUT2D eigenvalue weighted by molar-refractivity contribution is 0.634. The van der Waals surface area contributed by atoms with Gasteiger partial charge in [0.05, 0.1) is 22.3 Å². The molecule has 3 aromatic rings. The average Bonchev–Trinajstić information content (AvgIpc) is 2.51. The van der Waals surface area contributed by atoms with Crippen molar-refractivity contribution >= 4 is 22.5 Å². The first kappa shape index (κ1) is 15.6. The molecule has 0 atom stereocenters. The monoisotopic (exact) mass is 332 g/mol.